The molecule has 0 spiro atoms. The Hall–Kier alpha value is -0.570. The Balaban J connectivity index is 2.03. The van der Waals surface area contributed by atoms with E-state index in [1.165, 1.54) is 6.42 Å². The van der Waals surface area contributed by atoms with Gasteiger partial charge >= 0.3 is 5.97 Å². The molecule has 2 unspecified atom stereocenters. The van der Waals surface area contributed by atoms with Gasteiger partial charge in [0.1, 0.15) is 5.60 Å². The summed E-state index contributed by atoms with van der Waals surface area (Å²) in [5, 5.41) is 3.32. The molecule has 1 fully saturated rings. The van der Waals surface area contributed by atoms with E-state index in [1.54, 1.807) is 0 Å². The summed E-state index contributed by atoms with van der Waals surface area (Å²) in [6, 6.07) is 0.637. The molecule has 3 heteroatoms. The van der Waals surface area contributed by atoms with Crippen LogP contribution in [0.25, 0.3) is 0 Å². The van der Waals surface area contributed by atoms with Crippen molar-refractivity contribution in [2.24, 2.45) is 5.92 Å². The van der Waals surface area contributed by atoms with Gasteiger partial charge < -0.3 is 10.1 Å². The second kappa shape index (κ2) is 4.30. The number of esters is 1. The second-order valence-electron chi connectivity index (χ2n) is 5.11. The predicted octanol–water partition coefficient (Wildman–Crippen LogP) is 1.72. The molecule has 82 valence electrons. The number of hydrogen-bond acceptors (Lipinski definition) is 3. The summed E-state index contributed by atoms with van der Waals surface area (Å²) in [6.45, 7) is 8.62. The zero-order valence-corrected chi connectivity index (χ0v) is 9.59. The van der Waals surface area contributed by atoms with Crippen LogP contribution in [-0.2, 0) is 9.53 Å². The maximum absolute atomic E-state index is 11.3. The molecule has 0 radical (unpaired) electrons. The van der Waals surface area contributed by atoms with Crippen LogP contribution in [0.5, 0.6) is 0 Å². The number of hydrogen-bond donors (Lipinski definition) is 1. The molecule has 3 nitrogen and oxygen atoms in total. The summed E-state index contributed by atoms with van der Waals surface area (Å²) >= 11 is 0. The van der Waals surface area contributed by atoms with Gasteiger partial charge in [-0.05, 0) is 33.1 Å². The first-order chi connectivity index (χ1) is 6.38. The van der Waals surface area contributed by atoms with Crippen molar-refractivity contribution in [3.05, 3.63) is 0 Å². The van der Waals surface area contributed by atoms with Crippen LogP contribution in [0, 0.1) is 5.92 Å². The van der Waals surface area contributed by atoms with E-state index in [0.717, 1.165) is 12.5 Å². The van der Waals surface area contributed by atoms with Gasteiger partial charge in [0.05, 0.1) is 6.42 Å². The average Bonchev–Trinajstić information content (AvgIpc) is 2.62. The van der Waals surface area contributed by atoms with E-state index >= 15 is 0 Å². The molecule has 14 heavy (non-hydrogen) atoms. The van der Waals surface area contributed by atoms with Crippen LogP contribution in [0.4, 0.5) is 0 Å². The highest BCUT2D eigenvalue weighted by molar-refractivity contribution is 5.70. The van der Waals surface area contributed by atoms with Crippen LogP contribution in [-0.4, -0.2) is 24.2 Å². The third kappa shape index (κ3) is 4.61. The Bertz CT molecular complexity index is 208. The number of nitrogens with one attached hydrogen (secondary N) is 1. The van der Waals surface area contributed by atoms with Crippen LogP contribution < -0.4 is 5.32 Å². The summed E-state index contributed by atoms with van der Waals surface area (Å²) in [4.78, 5) is 11.3. The van der Waals surface area contributed by atoms with Crippen molar-refractivity contribution in [2.75, 3.05) is 6.54 Å². The fraction of sp³-hybridized carbons (Fsp3) is 0.909. The van der Waals surface area contributed by atoms with E-state index in [0.29, 0.717) is 12.5 Å². The van der Waals surface area contributed by atoms with Crippen molar-refractivity contribution < 1.29 is 9.53 Å². The Labute approximate surface area is 86.2 Å². The van der Waals surface area contributed by atoms with Gasteiger partial charge in [0.15, 0.2) is 0 Å². The van der Waals surface area contributed by atoms with Crippen LogP contribution in [0.15, 0.2) is 0 Å². The molecule has 1 aliphatic rings. The van der Waals surface area contributed by atoms with Gasteiger partial charge in [-0.25, -0.2) is 0 Å². The van der Waals surface area contributed by atoms with Gasteiger partial charge in [-0.2, -0.15) is 0 Å². The maximum atomic E-state index is 11.3. The predicted molar refractivity (Wildman–Crippen MR) is 56.0 cm³/mol. The molecule has 0 heterocycles. The summed E-state index contributed by atoms with van der Waals surface area (Å²) in [5.41, 5.74) is -0.357. The summed E-state index contributed by atoms with van der Waals surface area (Å²) in [7, 11) is 0. The van der Waals surface area contributed by atoms with Gasteiger partial charge in [0, 0.05) is 12.6 Å². The molecule has 0 aromatic heterocycles. The lowest BCUT2D eigenvalue weighted by Crippen LogP contribution is -2.27. The normalized spacial score (nSPS) is 26.0. The lowest BCUT2D eigenvalue weighted by atomic mass is 10.2. The van der Waals surface area contributed by atoms with E-state index < -0.39 is 0 Å². The fourth-order valence-electron chi connectivity index (χ4n) is 1.36. The van der Waals surface area contributed by atoms with Crippen LogP contribution >= 0.6 is 0 Å². The molecule has 1 saturated carbocycles. The van der Waals surface area contributed by atoms with Crippen LogP contribution in [0.1, 0.15) is 40.5 Å². The topological polar surface area (TPSA) is 38.3 Å². The maximum Gasteiger partial charge on any atom is 0.307 e. The first-order valence-corrected chi connectivity index (χ1v) is 5.34. The fourth-order valence-corrected chi connectivity index (χ4v) is 1.36. The van der Waals surface area contributed by atoms with Gasteiger partial charge in [0.2, 0.25) is 0 Å². The van der Waals surface area contributed by atoms with E-state index in [9.17, 15) is 4.79 Å². The molecule has 0 amide bonds. The molecule has 0 aliphatic heterocycles. The zero-order valence-electron chi connectivity index (χ0n) is 9.59. The van der Waals surface area contributed by atoms with Crippen molar-refractivity contribution in [1.82, 2.24) is 5.32 Å². The zero-order chi connectivity index (χ0) is 10.8. The quantitative estimate of drug-likeness (QED) is 0.701. The highest BCUT2D eigenvalue weighted by Crippen LogP contribution is 2.28. The van der Waals surface area contributed by atoms with Crippen molar-refractivity contribution in [2.45, 2.75) is 52.2 Å². The summed E-state index contributed by atoms with van der Waals surface area (Å²) in [6.07, 6.45) is 1.72. The lowest BCUT2D eigenvalue weighted by Gasteiger charge is -2.19. The third-order valence-electron chi connectivity index (χ3n) is 2.27. The Morgan fingerprint density at radius 1 is 1.50 bits per heavy atom. The SMILES string of the molecule is CC1CC1NCCC(=O)OC(C)(C)C. The van der Waals surface area contributed by atoms with Crippen LogP contribution in [0.3, 0.4) is 0 Å². The summed E-state index contributed by atoms with van der Waals surface area (Å²) in [5.74, 6) is 0.673. The first kappa shape index (κ1) is 11.5. The lowest BCUT2D eigenvalue weighted by molar-refractivity contribution is -0.154. The Morgan fingerprint density at radius 3 is 2.50 bits per heavy atom. The molecule has 1 rings (SSSR count). The second-order valence-corrected chi connectivity index (χ2v) is 5.11. The highest BCUT2D eigenvalue weighted by atomic mass is 16.6. The summed E-state index contributed by atoms with van der Waals surface area (Å²) < 4.78 is 5.19. The van der Waals surface area contributed by atoms with Gasteiger partial charge in [-0.1, -0.05) is 6.92 Å². The van der Waals surface area contributed by atoms with Crippen molar-refractivity contribution in [3.63, 3.8) is 0 Å². The van der Waals surface area contributed by atoms with E-state index in [4.69, 9.17) is 4.74 Å². The van der Waals surface area contributed by atoms with Crippen molar-refractivity contribution in [1.29, 1.82) is 0 Å². The first-order valence-electron chi connectivity index (χ1n) is 5.34. The number of carbonyl (C=O) groups is 1. The minimum absolute atomic E-state index is 0.113. The third-order valence-corrected chi connectivity index (χ3v) is 2.27. The monoisotopic (exact) mass is 199 g/mol. The molecular weight excluding hydrogens is 178 g/mol. The minimum Gasteiger partial charge on any atom is -0.460 e. The molecule has 0 aromatic carbocycles. The molecule has 1 aliphatic carbocycles. The largest absolute Gasteiger partial charge is 0.460 e. The van der Waals surface area contributed by atoms with E-state index in [2.05, 4.69) is 12.2 Å². The molecule has 2 atom stereocenters. The average molecular weight is 199 g/mol. The number of rotatable bonds is 4. The number of carbonyl (C=O) groups excluding carboxylic acids is 1. The molecule has 0 aromatic rings. The molecule has 0 saturated heterocycles. The van der Waals surface area contributed by atoms with Crippen molar-refractivity contribution >= 4 is 5.97 Å². The van der Waals surface area contributed by atoms with Gasteiger partial charge in [-0.3, -0.25) is 4.79 Å². The minimum atomic E-state index is -0.357. The molecule has 0 bridgehead atoms. The molecule has 1 N–H and O–H groups in total. The van der Waals surface area contributed by atoms with Gasteiger partial charge in [-0.15, -0.1) is 0 Å². The van der Waals surface area contributed by atoms with Gasteiger partial charge in [0.25, 0.3) is 0 Å². The van der Waals surface area contributed by atoms with E-state index in [1.807, 2.05) is 20.8 Å². The van der Waals surface area contributed by atoms with E-state index in [-0.39, 0.29) is 11.6 Å². The standard InChI is InChI=1S/C11H21NO2/c1-8-7-9(8)12-6-5-10(13)14-11(2,3)4/h8-9,12H,5-7H2,1-4H3. The Kier molecular flexibility index (Phi) is 3.53. The Morgan fingerprint density at radius 2 is 2.07 bits per heavy atom. The smallest absolute Gasteiger partial charge is 0.307 e. The molecular formula is C11H21NO2. The van der Waals surface area contributed by atoms with Crippen molar-refractivity contribution in [3.8, 4) is 0 Å². The number of ether oxygens (including phenoxy) is 1. The van der Waals surface area contributed by atoms with Crippen LogP contribution in [0.2, 0.25) is 0 Å². The highest BCUT2D eigenvalue weighted by Gasteiger charge is 2.31.